The maximum absolute atomic E-state index is 13.6. The molecule has 1 aromatic carbocycles. The third-order valence-corrected chi connectivity index (χ3v) is 5.34. The molecule has 0 unspecified atom stereocenters. The number of carbonyl (C=O) groups excluding carboxylic acids is 1. The number of amides is 1. The number of halogens is 1. The number of anilines is 1. The minimum absolute atomic E-state index is 0.0524. The highest BCUT2D eigenvalue weighted by atomic mass is 19.1. The zero-order valence-electron chi connectivity index (χ0n) is 16.5. The number of nitrogens with zero attached hydrogens (tertiary/aromatic N) is 8. The highest BCUT2D eigenvalue weighted by Gasteiger charge is 2.34. The Balaban J connectivity index is 1.34. The third-order valence-electron chi connectivity index (χ3n) is 5.34. The Kier molecular flexibility index (Phi) is 4.19. The summed E-state index contributed by atoms with van der Waals surface area (Å²) < 4.78 is 16.8. The molecule has 0 aliphatic carbocycles. The lowest BCUT2D eigenvalue weighted by atomic mass is 10.1. The Morgan fingerprint density at radius 1 is 1.20 bits per heavy atom. The molecule has 4 aromatic rings. The van der Waals surface area contributed by atoms with Gasteiger partial charge in [0.15, 0.2) is 11.5 Å². The number of likely N-dealkylation sites (N-methyl/N-ethyl adjacent to an activating group) is 1. The van der Waals surface area contributed by atoms with Crippen LogP contribution < -0.4 is 4.90 Å². The smallest absolute Gasteiger partial charge is 0.257 e. The molecule has 0 atom stereocenters. The fourth-order valence-corrected chi connectivity index (χ4v) is 3.54. The predicted molar refractivity (Wildman–Crippen MR) is 107 cm³/mol. The molecular formula is C20H19FN8O. The molecule has 1 saturated heterocycles. The van der Waals surface area contributed by atoms with Crippen LogP contribution in [0.5, 0.6) is 0 Å². The highest BCUT2D eigenvalue weighted by molar-refractivity contribution is 5.94. The van der Waals surface area contributed by atoms with Crippen molar-refractivity contribution in [3.05, 3.63) is 60.2 Å². The summed E-state index contributed by atoms with van der Waals surface area (Å²) in [7, 11) is 3.59. The van der Waals surface area contributed by atoms with Gasteiger partial charge in [0.2, 0.25) is 0 Å². The molecule has 0 N–H and O–H groups in total. The van der Waals surface area contributed by atoms with Gasteiger partial charge in [0.25, 0.3) is 5.91 Å². The quantitative estimate of drug-likeness (QED) is 0.512. The normalized spacial score (nSPS) is 14.2. The van der Waals surface area contributed by atoms with E-state index in [4.69, 9.17) is 0 Å². The van der Waals surface area contributed by atoms with E-state index in [9.17, 15) is 9.18 Å². The molecule has 4 heterocycles. The molecule has 9 nitrogen and oxygen atoms in total. The van der Waals surface area contributed by atoms with Crippen molar-refractivity contribution in [2.45, 2.75) is 6.04 Å². The fraction of sp³-hybridized carbons (Fsp3) is 0.250. The van der Waals surface area contributed by atoms with Crippen molar-refractivity contribution in [1.82, 2.24) is 34.5 Å². The predicted octanol–water partition coefficient (Wildman–Crippen LogP) is 1.62. The van der Waals surface area contributed by atoms with E-state index in [1.165, 1.54) is 12.1 Å². The van der Waals surface area contributed by atoms with E-state index < -0.39 is 0 Å². The number of rotatable bonds is 4. The summed E-state index contributed by atoms with van der Waals surface area (Å²) in [6, 6.07) is 9.98. The maximum atomic E-state index is 13.6. The molecule has 10 heteroatoms. The molecule has 0 spiro atoms. The number of hydrogen-bond donors (Lipinski definition) is 0. The molecule has 0 radical (unpaired) electrons. The summed E-state index contributed by atoms with van der Waals surface area (Å²) in [5.41, 5.74) is 1.76. The van der Waals surface area contributed by atoms with E-state index in [0.29, 0.717) is 35.7 Å². The molecule has 0 bridgehead atoms. The number of hydrogen-bond acceptors (Lipinski definition) is 6. The molecule has 152 valence electrons. The summed E-state index contributed by atoms with van der Waals surface area (Å²) in [5.74, 6) is 0.835. The van der Waals surface area contributed by atoms with Gasteiger partial charge in [-0.05, 0) is 24.3 Å². The van der Waals surface area contributed by atoms with Gasteiger partial charge in [0, 0.05) is 38.9 Å². The van der Waals surface area contributed by atoms with Crippen molar-refractivity contribution in [2.24, 2.45) is 7.05 Å². The average molecular weight is 406 g/mol. The monoisotopic (exact) mass is 406 g/mol. The van der Waals surface area contributed by atoms with Gasteiger partial charge in [0.05, 0.1) is 17.8 Å². The van der Waals surface area contributed by atoms with Gasteiger partial charge in [-0.25, -0.2) is 4.39 Å². The number of aryl methyl sites for hydroxylation is 1. The van der Waals surface area contributed by atoms with Crippen molar-refractivity contribution in [3.63, 3.8) is 0 Å². The van der Waals surface area contributed by atoms with Gasteiger partial charge < -0.3 is 9.80 Å². The summed E-state index contributed by atoms with van der Waals surface area (Å²) in [4.78, 5) is 16.4. The van der Waals surface area contributed by atoms with Crippen molar-refractivity contribution in [2.75, 3.05) is 25.0 Å². The summed E-state index contributed by atoms with van der Waals surface area (Å²) in [5, 5.41) is 17.0. The lowest BCUT2D eigenvalue weighted by molar-refractivity contribution is 0.0705. The second-order valence-electron chi connectivity index (χ2n) is 7.37. The van der Waals surface area contributed by atoms with Crippen LogP contribution in [0.15, 0.2) is 48.8 Å². The first-order valence-corrected chi connectivity index (χ1v) is 9.49. The zero-order valence-corrected chi connectivity index (χ0v) is 16.5. The van der Waals surface area contributed by atoms with E-state index in [1.807, 2.05) is 12.1 Å². The Labute approximate surface area is 171 Å². The van der Waals surface area contributed by atoms with Gasteiger partial charge in [-0.2, -0.15) is 9.61 Å². The van der Waals surface area contributed by atoms with Gasteiger partial charge >= 0.3 is 0 Å². The van der Waals surface area contributed by atoms with Crippen LogP contribution in [0.2, 0.25) is 0 Å². The zero-order chi connectivity index (χ0) is 20.8. The van der Waals surface area contributed by atoms with Crippen LogP contribution in [0.25, 0.3) is 17.0 Å². The standard InChI is InChI=1S/C20H19FN8O/c1-26-10-14(9-22-26)20(30)27(2)16-11-28(12-16)18-7-6-17-23-24-19(29(17)25-18)13-4-3-5-15(21)8-13/h3-10,16H,11-12H2,1-2H3. The Hall–Kier alpha value is -3.82. The van der Waals surface area contributed by atoms with Crippen LogP contribution in [0, 0.1) is 5.82 Å². The van der Waals surface area contributed by atoms with Crippen molar-refractivity contribution in [3.8, 4) is 11.4 Å². The van der Waals surface area contributed by atoms with Gasteiger partial charge in [-0.15, -0.1) is 15.3 Å². The van der Waals surface area contributed by atoms with E-state index in [1.54, 1.807) is 52.7 Å². The highest BCUT2D eigenvalue weighted by Crippen LogP contribution is 2.24. The van der Waals surface area contributed by atoms with E-state index in [2.05, 4.69) is 25.3 Å². The number of benzene rings is 1. The molecule has 3 aromatic heterocycles. The average Bonchev–Trinajstić information content (AvgIpc) is 3.32. The number of fused-ring (bicyclic) bond motifs is 1. The second kappa shape index (κ2) is 6.90. The first-order valence-electron chi connectivity index (χ1n) is 9.49. The summed E-state index contributed by atoms with van der Waals surface area (Å²) in [6.45, 7) is 1.33. The third kappa shape index (κ3) is 3.06. The van der Waals surface area contributed by atoms with Crippen LogP contribution in [-0.2, 0) is 7.05 Å². The lowest BCUT2D eigenvalue weighted by Crippen LogP contribution is -2.60. The van der Waals surface area contributed by atoms with Crippen LogP contribution in [0.4, 0.5) is 10.2 Å². The van der Waals surface area contributed by atoms with E-state index in [0.717, 1.165) is 5.82 Å². The molecular weight excluding hydrogens is 387 g/mol. The Morgan fingerprint density at radius 2 is 2.03 bits per heavy atom. The van der Waals surface area contributed by atoms with Crippen molar-refractivity contribution >= 4 is 17.4 Å². The molecule has 1 amide bonds. The molecule has 0 saturated carbocycles. The SMILES string of the molecule is CN(C(=O)c1cnn(C)c1)C1CN(c2ccc3nnc(-c4cccc(F)c4)n3n2)C1. The molecule has 1 fully saturated rings. The Bertz CT molecular complexity index is 1240. The van der Waals surface area contributed by atoms with Gasteiger partial charge in [0.1, 0.15) is 11.6 Å². The lowest BCUT2D eigenvalue weighted by Gasteiger charge is -2.44. The summed E-state index contributed by atoms with van der Waals surface area (Å²) in [6.07, 6.45) is 3.29. The Morgan fingerprint density at radius 3 is 2.77 bits per heavy atom. The van der Waals surface area contributed by atoms with Gasteiger partial charge in [-0.3, -0.25) is 9.48 Å². The number of carbonyl (C=O) groups is 1. The second-order valence-corrected chi connectivity index (χ2v) is 7.37. The largest absolute Gasteiger partial charge is 0.351 e. The van der Waals surface area contributed by atoms with Crippen LogP contribution in [0.3, 0.4) is 0 Å². The minimum Gasteiger partial charge on any atom is -0.351 e. The molecule has 1 aliphatic heterocycles. The van der Waals surface area contributed by atoms with E-state index in [-0.39, 0.29) is 17.8 Å². The maximum Gasteiger partial charge on any atom is 0.257 e. The molecule has 30 heavy (non-hydrogen) atoms. The molecule has 1 aliphatic rings. The first-order chi connectivity index (χ1) is 14.5. The van der Waals surface area contributed by atoms with Gasteiger partial charge in [-0.1, -0.05) is 12.1 Å². The summed E-state index contributed by atoms with van der Waals surface area (Å²) >= 11 is 0. The van der Waals surface area contributed by atoms with Crippen molar-refractivity contribution < 1.29 is 9.18 Å². The van der Waals surface area contributed by atoms with Crippen LogP contribution >= 0.6 is 0 Å². The van der Waals surface area contributed by atoms with Crippen LogP contribution in [-0.4, -0.2) is 66.6 Å². The van der Waals surface area contributed by atoms with E-state index >= 15 is 0 Å². The van der Waals surface area contributed by atoms with Crippen LogP contribution in [0.1, 0.15) is 10.4 Å². The molecule has 5 rings (SSSR count). The number of aromatic nitrogens is 6. The minimum atomic E-state index is -0.340. The fourth-order valence-electron chi connectivity index (χ4n) is 3.54. The van der Waals surface area contributed by atoms with Crippen molar-refractivity contribution in [1.29, 1.82) is 0 Å². The first kappa shape index (κ1) is 18.2. The topological polar surface area (TPSA) is 84.5 Å².